The van der Waals surface area contributed by atoms with Crippen LogP contribution >= 0.6 is 11.3 Å². The topological polar surface area (TPSA) is 52.2 Å². The molecule has 2 fully saturated rings. The molecule has 2 aliphatic rings. The van der Waals surface area contributed by atoms with Gasteiger partial charge in [0.25, 0.3) is 5.91 Å². The van der Waals surface area contributed by atoms with Crippen LogP contribution in [-0.2, 0) is 13.0 Å². The van der Waals surface area contributed by atoms with Gasteiger partial charge in [-0.3, -0.25) is 9.69 Å². The highest BCUT2D eigenvalue weighted by Gasteiger charge is 2.53. The van der Waals surface area contributed by atoms with E-state index in [1.807, 2.05) is 29.9 Å². The lowest BCUT2D eigenvalue weighted by molar-refractivity contribution is 0.0750. The van der Waals surface area contributed by atoms with Crippen molar-refractivity contribution in [3.63, 3.8) is 0 Å². The SMILES string of the molecule is O=C(c1ccc[nH]1)N1CC2CN(Cc3nccs3)CC2(CCc2ccccc2)C1. The molecule has 0 radical (unpaired) electrons. The summed E-state index contributed by atoms with van der Waals surface area (Å²) in [6.07, 6.45) is 5.89. The molecule has 0 spiro atoms. The molecule has 2 aromatic heterocycles. The summed E-state index contributed by atoms with van der Waals surface area (Å²) >= 11 is 1.73. The molecule has 2 aliphatic heterocycles. The zero-order valence-electron chi connectivity index (χ0n) is 16.5. The molecule has 4 heterocycles. The molecule has 29 heavy (non-hydrogen) atoms. The summed E-state index contributed by atoms with van der Waals surface area (Å²) in [5.41, 5.74) is 2.24. The Kier molecular flexibility index (Phi) is 4.97. The van der Waals surface area contributed by atoms with Crippen LogP contribution in [0, 0.1) is 11.3 Å². The van der Waals surface area contributed by atoms with Crippen molar-refractivity contribution in [2.24, 2.45) is 11.3 Å². The van der Waals surface area contributed by atoms with Crippen LogP contribution in [0.1, 0.15) is 27.5 Å². The Balaban J connectivity index is 1.34. The van der Waals surface area contributed by atoms with Crippen molar-refractivity contribution in [1.29, 1.82) is 0 Å². The first-order valence-corrected chi connectivity index (χ1v) is 11.2. The number of nitrogens with one attached hydrogen (secondary N) is 1. The van der Waals surface area contributed by atoms with Crippen molar-refractivity contribution in [2.75, 3.05) is 26.2 Å². The minimum absolute atomic E-state index is 0.134. The van der Waals surface area contributed by atoms with Gasteiger partial charge in [-0.25, -0.2) is 4.98 Å². The highest BCUT2D eigenvalue weighted by atomic mass is 32.1. The predicted octanol–water partition coefficient (Wildman–Crippen LogP) is 3.68. The molecule has 1 aromatic carbocycles. The van der Waals surface area contributed by atoms with Crippen molar-refractivity contribution < 1.29 is 4.79 Å². The van der Waals surface area contributed by atoms with Gasteiger partial charge in [0.2, 0.25) is 0 Å². The van der Waals surface area contributed by atoms with Gasteiger partial charge in [0.05, 0.1) is 6.54 Å². The van der Waals surface area contributed by atoms with Crippen LogP contribution in [0.2, 0.25) is 0 Å². The Hall–Kier alpha value is -2.44. The number of aryl methyl sites for hydroxylation is 1. The highest BCUT2D eigenvalue weighted by Crippen LogP contribution is 2.46. The van der Waals surface area contributed by atoms with Gasteiger partial charge in [0.1, 0.15) is 10.7 Å². The summed E-state index contributed by atoms with van der Waals surface area (Å²) in [5, 5.41) is 3.23. The number of nitrogens with zero attached hydrogens (tertiary/aromatic N) is 3. The number of likely N-dealkylation sites (tertiary alicyclic amines) is 2. The Morgan fingerprint density at radius 2 is 2.07 bits per heavy atom. The first-order chi connectivity index (χ1) is 14.2. The number of hydrogen-bond acceptors (Lipinski definition) is 4. The van der Waals surface area contributed by atoms with Crippen LogP contribution in [-0.4, -0.2) is 51.9 Å². The minimum atomic E-state index is 0.134. The second-order valence-electron chi connectivity index (χ2n) is 8.41. The van der Waals surface area contributed by atoms with Crippen LogP contribution in [0.15, 0.2) is 60.2 Å². The fourth-order valence-corrected chi connectivity index (χ4v) is 5.77. The van der Waals surface area contributed by atoms with Crippen LogP contribution in [0.3, 0.4) is 0 Å². The molecular formula is C23H26N4OS. The Morgan fingerprint density at radius 3 is 2.83 bits per heavy atom. The quantitative estimate of drug-likeness (QED) is 0.679. The first-order valence-electron chi connectivity index (χ1n) is 10.3. The van der Waals surface area contributed by atoms with Crippen molar-refractivity contribution >= 4 is 17.2 Å². The summed E-state index contributed by atoms with van der Waals surface area (Å²) in [5.74, 6) is 0.653. The summed E-state index contributed by atoms with van der Waals surface area (Å²) in [4.78, 5) is 25.1. The van der Waals surface area contributed by atoms with Crippen LogP contribution < -0.4 is 0 Å². The summed E-state index contributed by atoms with van der Waals surface area (Å²) in [6.45, 7) is 4.70. The number of thiazole rings is 1. The van der Waals surface area contributed by atoms with E-state index >= 15 is 0 Å². The van der Waals surface area contributed by atoms with Gasteiger partial charge in [-0.15, -0.1) is 11.3 Å². The number of benzene rings is 1. The Morgan fingerprint density at radius 1 is 1.17 bits per heavy atom. The Labute approximate surface area is 175 Å². The number of amides is 1. The normalized spacial score (nSPS) is 24.1. The maximum atomic E-state index is 13.0. The van der Waals surface area contributed by atoms with E-state index < -0.39 is 0 Å². The van der Waals surface area contributed by atoms with Gasteiger partial charge in [-0.1, -0.05) is 30.3 Å². The number of aromatic amines is 1. The van der Waals surface area contributed by atoms with Gasteiger partial charge in [-0.05, 0) is 36.5 Å². The number of carbonyl (C=O) groups excluding carboxylic acids is 1. The molecule has 3 aromatic rings. The molecule has 5 rings (SSSR count). The third-order valence-corrected chi connectivity index (χ3v) is 7.31. The third-order valence-electron chi connectivity index (χ3n) is 6.54. The smallest absolute Gasteiger partial charge is 0.270 e. The molecule has 0 saturated carbocycles. The number of rotatable bonds is 6. The van der Waals surface area contributed by atoms with Crippen LogP contribution in [0.5, 0.6) is 0 Å². The van der Waals surface area contributed by atoms with E-state index in [9.17, 15) is 4.79 Å². The number of fused-ring (bicyclic) bond motifs is 1. The predicted molar refractivity (Wildman–Crippen MR) is 115 cm³/mol. The van der Waals surface area contributed by atoms with Gasteiger partial charge < -0.3 is 9.88 Å². The van der Waals surface area contributed by atoms with E-state index in [-0.39, 0.29) is 11.3 Å². The third kappa shape index (κ3) is 3.74. The van der Waals surface area contributed by atoms with Crippen molar-refractivity contribution in [2.45, 2.75) is 19.4 Å². The highest BCUT2D eigenvalue weighted by molar-refractivity contribution is 7.09. The lowest BCUT2D eigenvalue weighted by atomic mass is 9.76. The number of H-pyrrole nitrogens is 1. The second-order valence-corrected chi connectivity index (χ2v) is 9.39. The molecule has 150 valence electrons. The molecule has 2 unspecified atom stereocenters. The van der Waals surface area contributed by atoms with Crippen molar-refractivity contribution in [3.8, 4) is 0 Å². The minimum Gasteiger partial charge on any atom is -0.357 e. The molecule has 1 amide bonds. The summed E-state index contributed by atoms with van der Waals surface area (Å²) < 4.78 is 0. The maximum Gasteiger partial charge on any atom is 0.270 e. The standard InChI is InChI=1S/C23H26N4OS/c28-22(20-7-4-10-24-20)27-14-19-13-26(15-21-25-11-12-29-21)16-23(19,17-27)9-8-18-5-2-1-3-6-18/h1-7,10-12,19,24H,8-9,13-17H2. The second kappa shape index (κ2) is 7.76. The monoisotopic (exact) mass is 406 g/mol. The van der Waals surface area contributed by atoms with Crippen LogP contribution in [0.25, 0.3) is 0 Å². The van der Waals surface area contributed by atoms with E-state index in [2.05, 4.69) is 50.1 Å². The first kappa shape index (κ1) is 18.6. The number of carbonyl (C=O) groups is 1. The van der Waals surface area contributed by atoms with Gasteiger partial charge in [0.15, 0.2) is 0 Å². The van der Waals surface area contributed by atoms with Gasteiger partial charge in [0, 0.05) is 49.4 Å². The lowest BCUT2D eigenvalue weighted by Crippen LogP contribution is -2.37. The summed E-state index contributed by atoms with van der Waals surface area (Å²) in [7, 11) is 0. The van der Waals surface area contributed by atoms with Gasteiger partial charge >= 0.3 is 0 Å². The zero-order chi connectivity index (χ0) is 19.7. The molecule has 1 N–H and O–H groups in total. The van der Waals surface area contributed by atoms with Gasteiger partial charge in [-0.2, -0.15) is 0 Å². The maximum absolute atomic E-state index is 13.0. The number of aromatic nitrogens is 2. The molecular weight excluding hydrogens is 380 g/mol. The van der Waals surface area contributed by atoms with E-state index in [0.29, 0.717) is 11.6 Å². The van der Waals surface area contributed by atoms with E-state index in [1.165, 1.54) is 10.6 Å². The average Bonchev–Trinajstić information content (AvgIpc) is 3.51. The van der Waals surface area contributed by atoms with E-state index in [1.54, 1.807) is 11.3 Å². The average molecular weight is 407 g/mol. The molecule has 0 aliphatic carbocycles. The largest absolute Gasteiger partial charge is 0.357 e. The molecule has 2 saturated heterocycles. The fourth-order valence-electron chi connectivity index (χ4n) is 5.12. The van der Waals surface area contributed by atoms with Crippen molar-refractivity contribution in [3.05, 3.63) is 76.5 Å². The molecule has 0 bridgehead atoms. The van der Waals surface area contributed by atoms with Crippen LogP contribution in [0.4, 0.5) is 0 Å². The zero-order valence-corrected chi connectivity index (χ0v) is 17.3. The fraction of sp³-hybridized carbons (Fsp3) is 0.391. The number of hydrogen-bond donors (Lipinski definition) is 1. The summed E-state index contributed by atoms with van der Waals surface area (Å²) in [6, 6.07) is 14.5. The van der Waals surface area contributed by atoms with Crippen molar-refractivity contribution in [1.82, 2.24) is 19.8 Å². The molecule has 5 nitrogen and oxygen atoms in total. The molecule has 6 heteroatoms. The van der Waals surface area contributed by atoms with E-state index in [4.69, 9.17) is 0 Å². The Bertz CT molecular complexity index is 941. The lowest BCUT2D eigenvalue weighted by Gasteiger charge is -2.29. The molecule has 2 atom stereocenters. The van der Waals surface area contributed by atoms with E-state index in [0.717, 1.165) is 45.6 Å².